The molecule has 1 N–H and O–H groups in total. The SMILES string of the molecule is COc1ccc(NCc2cc(Br)c(Br)o2)cc1Cl. The molecule has 2 rings (SSSR count). The Bertz CT molecular complexity index is 538. The summed E-state index contributed by atoms with van der Waals surface area (Å²) in [7, 11) is 1.59. The average Bonchev–Trinajstić information content (AvgIpc) is 2.66. The second-order valence-corrected chi connectivity index (χ2v) is 5.52. The number of benzene rings is 1. The zero-order chi connectivity index (χ0) is 13.1. The van der Waals surface area contributed by atoms with Crippen molar-refractivity contribution in [2.45, 2.75) is 6.54 Å². The highest BCUT2D eigenvalue weighted by Crippen LogP contribution is 2.29. The molecule has 0 bridgehead atoms. The van der Waals surface area contributed by atoms with Crippen molar-refractivity contribution < 1.29 is 9.15 Å². The van der Waals surface area contributed by atoms with Crippen LogP contribution in [0.15, 0.2) is 37.8 Å². The van der Waals surface area contributed by atoms with Gasteiger partial charge in [-0.3, -0.25) is 0 Å². The zero-order valence-corrected chi connectivity index (χ0v) is 13.4. The predicted octanol–water partition coefficient (Wildman–Crippen LogP) is 5.08. The summed E-state index contributed by atoms with van der Waals surface area (Å²) in [5.41, 5.74) is 0.907. The first kappa shape index (κ1) is 13.8. The lowest BCUT2D eigenvalue weighted by Gasteiger charge is -2.07. The topological polar surface area (TPSA) is 34.4 Å². The molecule has 0 spiro atoms. The molecule has 96 valence electrons. The molecule has 3 nitrogen and oxygen atoms in total. The summed E-state index contributed by atoms with van der Waals surface area (Å²) in [4.78, 5) is 0. The molecule has 2 aromatic rings. The molecule has 6 heteroatoms. The van der Waals surface area contributed by atoms with Crippen LogP contribution in [-0.2, 0) is 6.54 Å². The number of rotatable bonds is 4. The molecule has 0 saturated heterocycles. The number of halogens is 3. The van der Waals surface area contributed by atoms with E-state index in [1.54, 1.807) is 7.11 Å². The Kier molecular flexibility index (Phi) is 4.59. The molecule has 1 aromatic heterocycles. The fourth-order valence-corrected chi connectivity index (χ4v) is 2.36. The van der Waals surface area contributed by atoms with Crippen molar-refractivity contribution in [2.75, 3.05) is 12.4 Å². The third-order valence-corrected chi connectivity index (χ3v) is 4.32. The maximum atomic E-state index is 6.04. The van der Waals surface area contributed by atoms with Crippen molar-refractivity contribution >= 4 is 49.1 Å². The van der Waals surface area contributed by atoms with E-state index in [1.165, 1.54) is 0 Å². The summed E-state index contributed by atoms with van der Waals surface area (Å²) in [5, 5.41) is 3.79. The molecule has 1 aromatic carbocycles. The van der Waals surface area contributed by atoms with Crippen LogP contribution in [-0.4, -0.2) is 7.11 Å². The lowest BCUT2D eigenvalue weighted by Crippen LogP contribution is -1.98. The standard InChI is InChI=1S/C12H10Br2ClNO2/c1-17-11-3-2-7(4-10(11)15)16-6-8-5-9(13)12(14)18-8/h2-5,16H,6H2,1H3. The second kappa shape index (κ2) is 5.99. The molecule has 0 amide bonds. The maximum Gasteiger partial charge on any atom is 0.183 e. The van der Waals surface area contributed by atoms with Gasteiger partial charge in [0.15, 0.2) is 4.67 Å². The molecule has 0 aliphatic heterocycles. The highest BCUT2D eigenvalue weighted by Gasteiger charge is 2.06. The van der Waals surface area contributed by atoms with Crippen LogP contribution in [0.5, 0.6) is 5.75 Å². The lowest BCUT2D eigenvalue weighted by molar-refractivity contribution is 0.415. The summed E-state index contributed by atoms with van der Waals surface area (Å²) < 4.78 is 12.1. The first-order valence-electron chi connectivity index (χ1n) is 5.11. The monoisotopic (exact) mass is 393 g/mol. The van der Waals surface area contributed by atoms with Crippen molar-refractivity contribution in [1.29, 1.82) is 0 Å². The smallest absolute Gasteiger partial charge is 0.183 e. The van der Waals surface area contributed by atoms with E-state index in [1.807, 2.05) is 24.3 Å². The Morgan fingerprint density at radius 2 is 2.11 bits per heavy atom. The summed E-state index contributed by atoms with van der Waals surface area (Å²) in [5.74, 6) is 1.48. The Morgan fingerprint density at radius 3 is 2.67 bits per heavy atom. The van der Waals surface area contributed by atoms with E-state index >= 15 is 0 Å². The molecular formula is C12H10Br2ClNO2. The fraction of sp³-hybridized carbons (Fsp3) is 0.167. The van der Waals surface area contributed by atoms with E-state index < -0.39 is 0 Å². The molecule has 0 fully saturated rings. The number of hydrogen-bond donors (Lipinski definition) is 1. The van der Waals surface area contributed by atoms with Crippen molar-refractivity contribution in [3.8, 4) is 5.75 Å². The number of hydrogen-bond acceptors (Lipinski definition) is 3. The minimum atomic E-state index is 0.573. The molecule has 0 aliphatic carbocycles. The first-order chi connectivity index (χ1) is 8.60. The van der Waals surface area contributed by atoms with Crippen LogP contribution in [0.3, 0.4) is 0 Å². The summed E-state index contributed by atoms with van der Waals surface area (Å²) in [6.45, 7) is 0.576. The number of furan rings is 1. The van der Waals surface area contributed by atoms with Crippen molar-refractivity contribution in [3.05, 3.63) is 44.2 Å². The fourth-order valence-electron chi connectivity index (χ4n) is 1.44. The van der Waals surface area contributed by atoms with Gasteiger partial charge in [0.1, 0.15) is 11.5 Å². The van der Waals surface area contributed by atoms with Crippen LogP contribution in [0.4, 0.5) is 5.69 Å². The number of methoxy groups -OCH3 is 1. The van der Waals surface area contributed by atoms with Crippen LogP contribution < -0.4 is 10.1 Å². The van der Waals surface area contributed by atoms with Crippen LogP contribution in [0.25, 0.3) is 0 Å². The van der Waals surface area contributed by atoms with Crippen LogP contribution in [0, 0.1) is 0 Å². The maximum absolute atomic E-state index is 6.04. The minimum absolute atomic E-state index is 0.573. The predicted molar refractivity (Wildman–Crippen MR) is 79.4 cm³/mol. The van der Waals surface area contributed by atoms with Gasteiger partial charge in [0, 0.05) is 5.69 Å². The van der Waals surface area contributed by atoms with Crippen LogP contribution in [0.2, 0.25) is 5.02 Å². The van der Waals surface area contributed by atoms with Crippen molar-refractivity contribution in [1.82, 2.24) is 0 Å². The Labute approximate surface area is 127 Å². The Hall–Kier alpha value is -0.650. The van der Waals surface area contributed by atoms with Gasteiger partial charge in [0.05, 0.1) is 23.1 Å². The highest BCUT2D eigenvalue weighted by molar-refractivity contribution is 9.13. The first-order valence-corrected chi connectivity index (χ1v) is 7.07. The molecule has 0 aliphatic rings. The third-order valence-electron chi connectivity index (χ3n) is 2.31. The molecule has 1 heterocycles. The van der Waals surface area contributed by atoms with Crippen molar-refractivity contribution in [2.24, 2.45) is 0 Å². The van der Waals surface area contributed by atoms with Gasteiger partial charge >= 0.3 is 0 Å². The van der Waals surface area contributed by atoms with E-state index in [0.717, 1.165) is 15.9 Å². The van der Waals surface area contributed by atoms with Crippen LogP contribution in [0.1, 0.15) is 5.76 Å². The number of ether oxygens (including phenoxy) is 1. The zero-order valence-electron chi connectivity index (χ0n) is 9.47. The number of anilines is 1. The second-order valence-electron chi connectivity index (χ2n) is 3.54. The van der Waals surface area contributed by atoms with E-state index in [2.05, 4.69) is 37.2 Å². The van der Waals surface area contributed by atoms with Gasteiger partial charge in [-0.15, -0.1) is 0 Å². The summed E-state index contributed by atoms with van der Waals surface area (Å²) in [6, 6.07) is 7.44. The van der Waals surface area contributed by atoms with Gasteiger partial charge in [-0.2, -0.15) is 0 Å². The Balaban J connectivity index is 2.04. The van der Waals surface area contributed by atoms with Gasteiger partial charge in [-0.25, -0.2) is 0 Å². The largest absolute Gasteiger partial charge is 0.495 e. The van der Waals surface area contributed by atoms with Crippen molar-refractivity contribution in [3.63, 3.8) is 0 Å². The van der Waals surface area contributed by atoms with Gasteiger partial charge in [0.2, 0.25) is 0 Å². The third kappa shape index (κ3) is 3.22. The molecular weight excluding hydrogens is 385 g/mol. The van der Waals surface area contributed by atoms with Gasteiger partial charge in [-0.05, 0) is 56.1 Å². The van der Waals surface area contributed by atoms with Gasteiger partial charge in [0.25, 0.3) is 0 Å². The van der Waals surface area contributed by atoms with E-state index in [4.69, 9.17) is 20.8 Å². The lowest BCUT2D eigenvalue weighted by atomic mass is 10.3. The summed E-state index contributed by atoms with van der Waals surface area (Å²) >= 11 is 12.7. The van der Waals surface area contributed by atoms with E-state index in [0.29, 0.717) is 22.0 Å². The molecule has 18 heavy (non-hydrogen) atoms. The minimum Gasteiger partial charge on any atom is -0.495 e. The van der Waals surface area contributed by atoms with E-state index in [-0.39, 0.29) is 0 Å². The Morgan fingerprint density at radius 1 is 1.33 bits per heavy atom. The van der Waals surface area contributed by atoms with Gasteiger partial charge < -0.3 is 14.5 Å². The normalized spacial score (nSPS) is 10.4. The number of nitrogens with one attached hydrogen (secondary N) is 1. The molecule has 0 unspecified atom stereocenters. The highest BCUT2D eigenvalue weighted by atomic mass is 79.9. The quantitative estimate of drug-likeness (QED) is 0.784. The summed E-state index contributed by atoms with van der Waals surface area (Å²) in [6.07, 6.45) is 0. The average molecular weight is 395 g/mol. The van der Waals surface area contributed by atoms with Gasteiger partial charge in [-0.1, -0.05) is 11.6 Å². The molecule has 0 radical (unpaired) electrons. The molecule has 0 saturated carbocycles. The van der Waals surface area contributed by atoms with Crippen LogP contribution >= 0.6 is 43.5 Å². The van der Waals surface area contributed by atoms with E-state index in [9.17, 15) is 0 Å². The molecule has 0 atom stereocenters.